The molecule has 4 rings (SSSR count). The van der Waals surface area contributed by atoms with Gasteiger partial charge in [-0.05, 0) is 62.9 Å². The second kappa shape index (κ2) is 9.67. The van der Waals surface area contributed by atoms with Crippen LogP contribution in [0, 0.1) is 5.92 Å². The van der Waals surface area contributed by atoms with Crippen molar-refractivity contribution in [1.82, 2.24) is 15.1 Å². The molecule has 1 N–H and O–H groups in total. The first-order chi connectivity index (χ1) is 13.7. The minimum Gasteiger partial charge on any atom is -0.454 e. The molecule has 29 heavy (non-hydrogen) atoms. The molecule has 0 radical (unpaired) electrons. The van der Waals surface area contributed by atoms with Gasteiger partial charge in [-0.3, -0.25) is 9.59 Å². The highest BCUT2D eigenvalue weighted by Gasteiger charge is 2.38. The van der Waals surface area contributed by atoms with E-state index in [2.05, 4.69) is 12.2 Å². The van der Waals surface area contributed by atoms with E-state index in [0.29, 0.717) is 29.5 Å². The number of nitrogens with one attached hydrogen (secondary N) is 1. The molecule has 2 saturated heterocycles. The molecule has 3 aliphatic rings. The second-order valence-electron chi connectivity index (χ2n) is 7.80. The minimum absolute atomic E-state index is 0. The van der Waals surface area contributed by atoms with Gasteiger partial charge in [0.15, 0.2) is 11.5 Å². The van der Waals surface area contributed by atoms with Crippen molar-refractivity contribution in [3.63, 3.8) is 0 Å². The largest absolute Gasteiger partial charge is 0.454 e. The van der Waals surface area contributed by atoms with E-state index in [0.717, 1.165) is 51.9 Å². The summed E-state index contributed by atoms with van der Waals surface area (Å²) in [5.74, 6) is 1.89. The Labute approximate surface area is 178 Å². The third-order valence-corrected chi connectivity index (χ3v) is 6.03. The summed E-state index contributed by atoms with van der Waals surface area (Å²) in [6.07, 6.45) is 3.67. The lowest BCUT2D eigenvalue weighted by atomic mass is 9.96. The third-order valence-electron chi connectivity index (χ3n) is 6.03. The van der Waals surface area contributed by atoms with E-state index in [1.165, 1.54) is 0 Å². The summed E-state index contributed by atoms with van der Waals surface area (Å²) >= 11 is 0. The Morgan fingerprint density at radius 3 is 2.62 bits per heavy atom. The van der Waals surface area contributed by atoms with Crippen molar-refractivity contribution in [3.05, 3.63) is 23.8 Å². The molecule has 1 unspecified atom stereocenters. The van der Waals surface area contributed by atoms with Gasteiger partial charge in [-0.1, -0.05) is 6.92 Å². The number of hydrogen-bond donors (Lipinski definition) is 1. The molecule has 8 heteroatoms. The lowest BCUT2D eigenvalue weighted by Crippen LogP contribution is -2.50. The molecule has 3 aliphatic heterocycles. The number of amides is 2. The molecular weight excluding hydrogens is 394 g/mol. The predicted molar refractivity (Wildman–Crippen MR) is 112 cm³/mol. The van der Waals surface area contributed by atoms with Gasteiger partial charge in [-0.25, -0.2) is 0 Å². The molecule has 7 nitrogen and oxygen atoms in total. The molecular formula is C21H30ClN3O4. The fraction of sp³-hybridized carbons (Fsp3) is 0.619. The van der Waals surface area contributed by atoms with Crippen molar-refractivity contribution >= 4 is 24.2 Å². The van der Waals surface area contributed by atoms with Crippen LogP contribution in [0.5, 0.6) is 11.5 Å². The topological polar surface area (TPSA) is 71.1 Å². The van der Waals surface area contributed by atoms with E-state index in [1.807, 2.05) is 4.90 Å². The van der Waals surface area contributed by atoms with Gasteiger partial charge in [-0.15, -0.1) is 12.4 Å². The Hall–Kier alpha value is -1.99. The number of fused-ring (bicyclic) bond motifs is 1. The van der Waals surface area contributed by atoms with E-state index < -0.39 is 0 Å². The second-order valence-corrected chi connectivity index (χ2v) is 7.80. The predicted octanol–water partition coefficient (Wildman–Crippen LogP) is 2.29. The Balaban J connectivity index is 0.00000240. The van der Waals surface area contributed by atoms with Gasteiger partial charge < -0.3 is 24.6 Å². The number of piperidine rings is 1. The molecule has 3 heterocycles. The Bertz CT molecular complexity index is 737. The first-order valence-corrected chi connectivity index (χ1v) is 10.4. The van der Waals surface area contributed by atoms with Gasteiger partial charge in [0.25, 0.3) is 5.91 Å². The van der Waals surface area contributed by atoms with E-state index >= 15 is 0 Å². The van der Waals surface area contributed by atoms with Gasteiger partial charge in [0, 0.05) is 25.2 Å². The Morgan fingerprint density at radius 1 is 1.10 bits per heavy atom. The normalized spacial score (nSPS) is 21.2. The third kappa shape index (κ3) is 4.61. The minimum atomic E-state index is -0.344. The Morgan fingerprint density at radius 2 is 1.86 bits per heavy atom. The first kappa shape index (κ1) is 21.7. The summed E-state index contributed by atoms with van der Waals surface area (Å²) in [5, 5.41) is 3.40. The zero-order valence-corrected chi connectivity index (χ0v) is 17.7. The fourth-order valence-corrected chi connectivity index (χ4v) is 4.38. The number of carbonyl (C=O) groups is 2. The number of likely N-dealkylation sites (tertiary alicyclic amines) is 2. The number of nitrogens with zero attached hydrogens (tertiary/aromatic N) is 2. The summed E-state index contributed by atoms with van der Waals surface area (Å²) < 4.78 is 10.7. The van der Waals surface area contributed by atoms with Crippen molar-refractivity contribution in [2.45, 2.75) is 38.6 Å². The van der Waals surface area contributed by atoms with Crippen molar-refractivity contribution in [2.24, 2.45) is 5.92 Å². The van der Waals surface area contributed by atoms with E-state index in [1.54, 1.807) is 23.1 Å². The molecule has 0 saturated carbocycles. The lowest BCUT2D eigenvalue weighted by molar-refractivity contribution is -0.136. The number of carbonyl (C=O) groups excluding carboxylic acids is 2. The zero-order valence-electron chi connectivity index (χ0n) is 16.9. The molecule has 0 aromatic heterocycles. The number of halogens is 1. The maximum absolute atomic E-state index is 13.1. The summed E-state index contributed by atoms with van der Waals surface area (Å²) in [5.41, 5.74) is 0.549. The summed E-state index contributed by atoms with van der Waals surface area (Å²) in [7, 11) is 0. The monoisotopic (exact) mass is 423 g/mol. The van der Waals surface area contributed by atoms with E-state index in [4.69, 9.17) is 9.47 Å². The van der Waals surface area contributed by atoms with E-state index in [-0.39, 0.29) is 37.1 Å². The average molecular weight is 424 g/mol. The molecule has 2 amide bonds. The van der Waals surface area contributed by atoms with Crippen LogP contribution in [0.25, 0.3) is 0 Å². The molecule has 0 bridgehead atoms. The van der Waals surface area contributed by atoms with Crippen molar-refractivity contribution in [3.8, 4) is 11.5 Å². The van der Waals surface area contributed by atoms with E-state index in [9.17, 15) is 9.59 Å². The average Bonchev–Trinajstić information content (AvgIpc) is 3.40. The molecule has 2 fully saturated rings. The smallest absolute Gasteiger partial charge is 0.254 e. The quantitative estimate of drug-likeness (QED) is 0.786. The molecule has 1 aromatic rings. The zero-order chi connectivity index (χ0) is 19.5. The number of rotatable bonds is 5. The molecule has 1 atom stereocenters. The van der Waals surface area contributed by atoms with Crippen LogP contribution in [0.15, 0.2) is 18.2 Å². The maximum atomic E-state index is 13.1. The SMILES string of the molecule is CCNCC1CCN(C(=O)C2CCCN2C(=O)c2ccc3c(c2)OCO3)CC1.Cl. The number of benzene rings is 1. The fourth-order valence-electron chi connectivity index (χ4n) is 4.38. The van der Waals surface area contributed by atoms with Crippen molar-refractivity contribution < 1.29 is 19.1 Å². The van der Waals surface area contributed by atoms with Crippen LogP contribution in [-0.2, 0) is 4.79 Å². The van der Waals surface area contributed by atoms with Crippen LogP contribution in [0.4, 0.5) is 0 Å². The van der Waals surface area contributed by atoms with Crippen LogP contribution in [0.3, 0.4) is 0 Å². The van der Waals surface area contributed by atoms with Crippen LogP contribution < -0.4 is 14.8 Å². The molecule has 1 aromatic carbocycles. The molecule has 160 valence electrons. The van der Waals surface area contributed by atoms with Crippen molar-refractivity contribution in [2.75, 3.05) is 39.5 Å². The summed E-state index contributed by atoms with van der Waals surface area (Å²) in [6, 6.07) is 4.89. The molecule has 0 spiro atoms. The summed E-state index contributed by atoms with van der Waals surface area (Å²) in [4.78, 5) is 29.9. The highest BCUT2D eigenvalue weighted by molar-refractivity contribution is 5.98. The van der Waals surface area contributed by atoms with Crippen LogP contribution >= 0.6 is 12.4 Å². The van der Waals surface area contributed by atoms with Crippen molar-refractivity contribution in [1.29, 1.82) is 0 Å². The van der Waals surface area contributed by atoms with Crippen LogP contribution in [0.1, 0.15) is 43.0 Å². The highest BCUT2D eigenvalue weighted by atomic mass is 35.5. The summed E-state index contributed by atoms with van der Waals surface area (Å²) in [6.45, 7) is 6.51. The number of hydrogen-bond acceptors (Lipinski definition) is 5. The number of ether oxygens (including phenoxy) is 2. The lowest BCUT2D eigenvalue weighted by Gasteiger charge is -2.35. The van der Waals surface area contributed by atoms with Gasteiger partial charge >= 0.3 is 0 Å². The standard InChI is InChI=1S/C21H29N3O4.ClH/c1-2-22-13-15-7-10-23(11-8-15)21(26)17-4-3-9-24(17)20(25)16-5-6-18-19(12-16)28-14-27-18;/h5-6,12,15,17,22H,2-4,7-11,13-14H2,1H3;1H. The van der Waals surface area contributed by atoms with Gasteiger partial charge in [0.2, 0.25) is 12.7 Å². The van der Waals surface area contributed by atoms with Gasteiger partial charge in [0.05, 0.1) is 0 Å². The van der Waals surface area contributed by atoms with Gasteiger partial charge in [0.1, 0.15) is 6.04 Å². The van der Waals surface area contributed by atoms with Crippen LogP contribution in [-0.4, -0.2) is 67.2 Å². The molecule has 0 aliphatic carbocycles. The maximum Gasteiger partial charge on any atom is 0.254 e. The Kier molecular flexibility index (Phi) is 7.24. The first-order valence-electron chi connectivity index (χ1n) is 10.4. The van der Waals surface area contributed by atoms with Crippen LogP contribution in [0.2, 0.25) is 0 Å². The highest BCUT2D eigenvalue weighted by Crippen LogP contribution is 2.33. The van der Waals surface area contributed by atoms with Gasteiger partial charge in [-0.2, -0.15) is 0 Å².